The average molecular weight is 293 g/mol. The summed E-state index contributed by atoms with van der Waals surface area (Å²) in [6, 6.07) is 1.66. The van der Waals surface area contributed by atoms with Crippen LogP contribution in [0.3, 0.4) is 0 Å². The van der Waals surface area contributed by atoms with E-state index in [0.29, 0.717) is 12.5 Å². The standard InChI is InChI=1S/C11H14F3N3O3/c12-11(13,14)8-19-6-2-9(18)20-7-5-17-10-15-3-1-4-16-10/h1,3-4H,2,5-8H2,(H,15,16,17). The average Bonchev–Trinajstić information content (AvgIpc) is 2.40. The third-order valence-electron chi connectivity index (χ3n) is 1.93. The van der Waals surface area contributed by atoms with Crippen molar-refractivity contribution in [2.45, 2.75) is 12.6 Å². The van der Waals surface area contributed by atoms with Crippen LogP contribution in [-0.4, -0.2) is 48.5 Å². The molecule has 6 nitrogen and oxygen atoms in total. The van der Waals surface area contributed by atoms with Crippen LogP contribution in [-0.2, 0) is 14.3 Å². The zero-order valence-electron chi connectivity index (χ0n) is 10.5. The zero-order chi connectivity index (χ0) is 14.8. The number of rotatable bonds is 8. The summed E-state index contributed by atoms with van der Waals surface area (Å²) in [6.07, 6.45) is -1.50. The summed E-state index contributed by atoms with van der Waals surface area (Å²) in [5.74, 6) is -0.222. The molecule has 0 unspecified atom stereocenters. The molecule has 0 saturated carbocycles. The topological polar surface area (TPSA) is 73.3 Å². The van der Waals surface area contributed by atoms with Crippen LogP contribution in [0.5, 0.6) is 0 Å². The van der Waals surface area contributed by atoms with Crippen LogP contribution >= 0.6 is 0 Å². The molecule has 0 aliphatic carbocycles. The Hall–Kier alpha value is -1.90. The summed E-state index contributed by atoms with van der Waals surface area (Å²) in [5.41, 5.74) is 0. The molecule has 0 saturated heterocycles. The fraction of sp³-hybridized carbons (Fsp3) is 0.545. The summed E-state index contributed by atoms with van der Waals surface area (Å²) in [5, 5.41) is 2.81. The molecule has 0 bridgehead atoms. The number of alkyl halides is 3. The molecule has 1 heterocycles. The lowest BCUT2D eigenvalue weighted by molar-refractivity contribution is -0.176. The Balaban J connectivity index is 2.00. The highest BCUT2D eigenvalue weighted by molar-refractivity contribution is 5.69. The fourth-order valence-corrected chi connectivity index (χ4v) is 1.13. The molecule has 0 aromatic carbocycles. The first-order valence-electron chi connectivity index (χ1n) is 5.78. The predicted octanol–water partition coefficient (Wildman–Crippen LogP) is 1.40. The Labute approximate surface area is 113 Å². The van der Waals surface area contributed by atoms with Crippen molar-refractivity contribution in [1.29, 1.82) is 0 Å². The van der Waals surface area contributed by atoms with Gasteiger partial charge in [-0.1, -0.05) is 0 Å². The van der Waals surface area contributed by atoms with Crippen molar-refractivity contribution >= 4 is 11.9 Å². The van der Waals surface area contributed by atoms with E-state index in [9.17, 15) is 18.0 Å². The van der Waals surface area contributed by atoms with Gasteiger partial charge < -0.3 is 14.8 Å². The minimum atomic E-state index is -4.39. The molecule has 0 fully saturated rings. The Kier molecular flexibility index (Phi) is 6.71. The number of aromatic nitrogens is 2. The first-order valence-corrected chi connectivity index (χ1v) is 5.78. The molecule has 1 N–H and O–H groups in total. The van der Waals surface area contributed by atoms with Crippen LogP contribution in [0.15, 0.2) is 18.5 Å². The van der Waals surface area contributed by atoms with Crippen LogP contribution in [0.1, 0.15) is 6.42 Å². The molecule has 0 amide bonds. The van der Waals surface area contributed by atoms with Gasteiger partial charge in [-0.3, -0.25) is 4.79 Å². The second-order valence-electron chi connectivity index (χ2n) is 3.64. The van der Waals surface area contributed by atoms with E-state index in [2.05, 4.69) is 20.0 Å². The fourth-order valence-electron chi connectivity index (χ4n) is 1.13. The summed E-state index contributed by atoms with van der Waals surface area (Å²) in [6.45, 7) is -1.32. The number of nitrogens with one attached hydrogen (secondary N) is 1. The molecule has 9 heteroatoms. The summed E-state index contributed by atoms with van der Waals surface area (Å²) in [4.78, 5) is 18.9. The number of carbonyl (C=O) groups excluding carboxylic acids is 1. The minimum Gasteiger partial charge on any atom is -0.464 e. The Morgan fingerprint density at radius 1 is 1.25 bits per heavy atom. The molecule has 1 aromatic heterocycles. The molecule has 0 atom stereocenters. The number of carbonyl (C=O) groups is 1. The van der Waals surface area contributed by atoms with Crippen LogP contribution in [0.4, 0.5) is 19.1 Å². The highest BCUT2D eigenvalue weighted by atomic mass is 19.4. The van der Waals surface area contributed by atoms with Gasteiger partial charge in [-0.15, -0.1) is 0 Å². The highest BCUT2D eigenvalue weighted by Crippen LogP contribution is 2.14. The van der Waals surface area contributed by atoms with Gasteiger partial charge in [0.05, 0.1) is 19.6 Å². The lowest BCUT2D eigenvalue weighted by Crippen LogP contribution is -2.19. The smallest absolute Gasteiger partial charge is 0.411 e. The van der Waals surface area contributed by atoms with Gasteiger partial charge in [0.25, 0.3) is 0 Å². The molecule has 20 heavy (non-hydrogen) atoms. The van der Waals surface area contributed by atoms with Gasteiger partial charge in [0.2, 0.25) is 5.95 Å². The maximum Gasteiger partial charge on any atom is 0.411 e. The summed E-state index contributed by atoms with van der Waals surface area (Å²) < 4.78 is 44.2. The van der Waals surface area contributed by atoms with E-state index in [1.165, 1.54) is 0 Å². The normalized spacial score (nSPS) is 11.2. The van der Waals surface area contributed by atoms with E-state index in [4.69, 9.17) is 4.74 Å². The molecule has 0 radical (unpaired) electrons. The van der Waals surface area contributed by atoms with Crippen LogP contribution in [0, 0.1) is 0 Å². The monoisotopic (exact) mass is 293 g/mol. The van der Waals surface area contributed by atoms with Crippen LogP contribution < -0.4 is 5.32 Å². The third kappa shape index (κ3) is 8.25. The van der Waals surface area contributed by atoms with Crippen molar-refractivity contribution in [2.24, 2.45) is 0 Å². The number of nitrogens with zero attached hydrogens (tertiary/aromatic N) is 2. The van der Waals surface area contributed by atoms with Crippen molar-refractivity contribution in [3.8, 4) is 0 Å². The van der Waals surface area contributed by atoms with E-state index in [1.807, 2.05) is 0 Å². The number of hydrogen-bond donors (Lipinski definition) is 1. The minimum absolute atomic E-state index is 0.0658. The van der Waals surface area contributed by atoms with E-state index in [1.54, 1.807) is 18.5 Å². The largest absolute Gasteiger partial charge is 0.464 e. The first kappa shape index (κ1) is 16.2. The number of anilines is 1. The van der Waals surface area contributed by atoms with E-state index < -0.39 is 18.8 Å². The number of halogens is 3. The quantitative estimate of drug-likeness (QED) is 0.577. The van der Waals surface area contributed by atoms with Crippen molar-refractivity contribution in [3.63, 3.8) is 0 Å². The second kappa shape index (κ2) is 8.31. The van der Waals surface area contributed by atoms with Crippen molar-refractivity contribution in [3.05, 3.63) is 18.5 Å². The van der Waals surface area contributed by atoms with Gasteiger partial charge in [-0.05, 0) is 6.07 Å². The van der Waals surface area contributed by atoms with Crippen molar-refractivity contribution < 1.29 is 27.4 Å². The van der Waals surface area contributed by atoms with Gasteiger partial charge in [0.1, 0.15) is 13.2 Å². The highest BCUT2D eigenvalue weighted by Gasteiger charge is 2.27. The number of esters is 1. The zero-order valence-corrected chi connectivity index (χ0v) is 10.5. The molecular formula is C11H14F3N3O3. The Morgan fingerprint density at radius 3 is 2.60 bits per heavy atom. The van der Waals surface area contributed by atoms with Crippen LogP contribution in [0.25, 0.3) is 0 Å². The van der Waals surface area contributed by atoms with Crippen molar-refractivity contribution in [1.82, 2.24) is 9.97 Å². The second-order valence-corrected chi connectivity index (χ2v) is 3.64. The lowest BCUT2D eigenvalue weighted by atomic mass is 10.4. The maximum atomic E-state index is 11.7. The Bertz CT molecular complexity index is 401. The van der Waals surface area contributed by atoms with Crippen LogP contribution in [0.2, 0.25) is 0 Å². The predicted molar refractivity (Wildman–Crippen MR) is 63.0 cm³/mol. The maximum absolute atomic E-state index is 11.7. The number of ether oxygens (including phenoxy) is 2. The van der Waals surface area contributed by atoms with Gasteiger partial charge in [-0.25, -0.2) is 9.97 Å². The van der Waals surface area contributed by atoms with Gasteiger partial charge >= 0.3 is 12.1 Å². The van der Waals surface area contributed by atoms with E-state index >= 15 is 0 Å². The van der Waals surface area contributed by atoms with E-state index in [-0.39, 0.29) is 19.6 Å². The molecule has 0 aliphatic rings. The molecule has 0 aliphatic heterocycles. The summed E-state index contributed by atoms with van der Waals surface area (Å²) >= 11 is 0. The lowest BCUT2D eigenvalue weighted by Gasteiger charge is -2.08. The van der Waals surface area contributed by atoms with Gasteiger partial charge in [0, 0.05) is 12.4 Å². The molecule has 112 valence electrons. The molecule has 1 aromatic rings. The molecule has 1 rings (SSSR count). The first-order chi connectivity index (χ1) is 9.47. The number of hydrogen-bond acceptors (Lipinski definition) is 6. The van der Waals surface area contributed by atoms with Crippen molar-refractivity contribution in [2.75, 3.05) is 31.7 Å². The van der Waals surface area contributed by atoms with E-state index in [0.717, 1.165) is 0 Å². The van der Waals surface area contributed by atoms with Gasteiger partial charge in [0.15, 0.2) is 0 Å². The molecular weight excluding hydrogens is 279 g/mol. The SMILES string of the molecule is O=C(CCOCC(F)(F)F)OCCNc1ncccn1. The van der Waals surface area contributed by atoms with Gasteiger partial charge in [-0.2, -0.15) is 13.2 Å². The molecule has 0 spiro atoms. The summed E-state index contributed by atoms with van der Waals surface area (Å²) in [7, 11) is 0. The Morgan fingerprint density at radius 2 is 1.95 bits per heavy atom. The third-order valence-corrected chi connectivity index (χ3v) is 1.93.